The monoisotopic (exact) mass is 236 g/mol. The molecule has 0 aromatic carbocycles. The van der Waals surface area contributed by atoms with Crippen molar-refractivity contribution in [2.45, 2.75) is 38.1 Å². The van der Waals surface area contributed by atoms with E-state index in [-0.39, 0.29) is 0 Å². The highest BCUT2D eigenvalue weighted by Gasteiger charge is 2.48. The number of carbonyl (C=O) groups is 1. The Hall–Kier alpha value is -0.570. The standard InChI is InChI=1S/C14H24N2O/c1-15-5-3-4-13(9-15)16(2)14(17)12-7-10-6-11(10)8-12/h10-13H,3-9H2,1-2H3. The number of likely N-dealkylation sites (N-methyl/N-ethyl adjacent to an activating group) is 2. The van der Waals surface area contributed by atoms with E-state index in [2.05, 4.69) is 16.8 Å². The van der Waals surface area contributed by atoms with Gasteiger partial charge in [-0.05, 0) is 57.5 Å². The van der Waals surface area contributed by atoms with Gasteiger partial charge in [0, 0.05) is 25.6 Å². The lowest BCUT2D eigenvalue weighted by Gasteiger charge is -2.37. The van der Waals surface area contributed by atoms with E-state index in [0.29, 0.717) is 17.9 Å². The quantitative estimate of drug-likeness (QED) is 0.727. The molecular weight excluding hydrogens is 212 g/mol. The summed E-state index contributed by atoms with van der Waals surface area (Å²) >= 11 is 0. The summed E-state index contributed by atoms with van der Waals surface area (Å²) < 4.78 is 0. The van der Waals surface area contributed by atoms with Crippen molar-refractivity contribution in [1.29, 1.82) is 0 Å². The van der Waals surface area contributed by atoms with Gasteiger partial charge in [-0.25, -0.2) is 0 Å². The fraction of sp³-hybridized carbons (Fsp3) is 0.929. The highest BCUT2D eigenvalue weighted by molar-refractivity contribution is 5.79. The molecule has 1 heterocycles. The van der Waals surface area contributed by atoms with E-state index < -0.39 is 0 Å². The molecule has 2 aliphatic carbocycles. The number of amides is 1. The molecule has 1 aliphatic heterocycles. The summed E-state index contributed by atoms with van der Waals surface area (Å²) in [4.78, 5) is 16.8. The third-order valence-electron chi connectivity index (χ3n) is 5.09. The van der Waals surface area contributed by atoms with E-state index in [9.17, 15) is 4.79 Å². The minimum Gasteiger partial charge on any atom is -0.341 e. The summed E-state index contributed by atoms with van der Waals surface area (Å²) in [6, 6.07) is 0.457. The van der Waals surface area contributed by atoms with Crippen LogP contribution in [-0.4, -0.2) is 48.9 Å². The van der Waals surface area contributed by atoms with Gasteiger partial charge in [-0.1, -0.05) is 0 Å². The number of piperidine rings is 1. The highest BCUT2D eigenvalue weighted by Crippen LogP contribution is 2.54. The van der Waals surface area contributed by atoms with Gasteiger partial charge in [-0.3, -0.25) is 4.79 Å². The molecule has 3 rings (SSSR count). The second-order valence-electron chi connectivity index (χ2n) is 6.43. The van der Waals surface area contributed by atoms with Crippen molar-refractivity contribution in [3.8, 4) is 0 Å². The average Bonchev–Trinajstić information content (AvgIpc) is 2.94. The van der Waals surface area contributed by atoms with Crippen LogP contribution < -0.4 is 0 Å². The van der Waals surface area contributed by atoms with Crippen LogP contribution in [0.3, 0.4) is 0 Å². The molecule has 3 heteroatoms. The molecule has 3 atom stereocenters. The van der Waals surface area contributed by atoms with Gasteiger partial charge in [0.25, 0.3) is 0 Å². The summed E-state index contributed by atoms with van der Waals surface area (Å²) in [5.41, 5.74) is 0. The minimum absolute atomic E-state index is 0.357. The van der Waals surface area contributed by atoms with Gasteiger partial charge < -0.3 is 9.80 Å². The van der Waals surface area contributed by atoms with Gasteiger partial charge in [0.1, 0.15) is 0 Å². The van der Waals surface area contributed by atoms with Gasteiger partial charge >= 0.3 is 0 Å². The van der Waals surface area contributed by atoms with Crippen molar-refractivity contribution in [3.05, 3.63) is 0 Å². The molecule has 0 N–H and O–H groups in total. The first kappa shape index (κ1) is 11.5. The lowest BCUT2D eigenvalue weighted by atomic mass is 9.99. The van der Waals surface area contributed by atoms with E-state index in [1.54, 1.807) is 0 Å². The molecule has 1 amide bonds. The van der Waals surface area contributed by atoms with Crippen LogP contribution >= 0.6 is 0 Å². The van der Waals surface area contributed by atoms with Crippen molar-refractivity contribution in [2.24, 2.45) is 17.8 Å². The molecule has 3 fully saturated rings. The van der Waals surface area contributed by atoms with Crippen molar-refractivity contribution in [1.82, 2.24) is 9.80 Å². The third kappa shape index (κ3) is 2.22. The van der Waals surface area contributed by atoms with Gasteiger partial charge in [-0.2, -0.15) is 0 Å². The summed E-state index contributed by atoms with van der Waals surface area (Å²) in [6.45, 7) is 2.24. The fourth-order valence-electron chi connectivity index (χ4n) is 3.84. The number of hydrogen-bond acceptors (Lipinski definition) is 2. The summed E-state index contributed by atoms with van der Waals surface area (Å²) in [7, 11) is 4.19. The SMILES string of the molecule is CN1CCCC(N(C)C(=O)C2CC3CC3C2)C1. The van der Waals surface area contributed by atoms with E-state index >= 15 is 0 Å². The maximum absolute atomic E-state index is 12.4. The number of likely N-dealkylation sites (tertiary alicyclic amines) is 1. The maximum Gasteiger partial charge on any atom is 0.225 e. The molecule has 96 valence electrons. The van der Waals surface area contributed by atoms with Gasteiger partial charge in [0.15, 0.2) is 0 Å². The minimum atomic E-state index is 0.357. The Morgan fingerprint density at radius 1 is 1.24 bits per heavy atom. The number of carbonyl (C=O) groups excluding carboxylic acids is 1. The Labute approximate surface area is 104 Å². The number of fused-ring (bicyclic) bond motifs is 1. The molecule has 3 aliphatic rings. The Kier molecular flexibility index (Phi) is 2.89. The first-order chi connectivity index (χ1) is 8.15. The zero-order valence-electron chi connectivity index (χ0n) is 11.1. The molecule has 0 bridgehead atoms. The Morgan fingerprint density at radius 3 is 2.59 bits per heavy atom. The predicted octanol–water partition coefficient (Wildman–Crippen LogP) is 1.59. The van der Waals surface area contributed by atoms with E-state index in [1.165, 1.54) is 38.6 Å². The van der Waals surface area contributed by atoms with E-state index in [4.69, 9.17) is 0 Å². The van der Waals surface area contributed by atoms with Crippen LogP contribution in [0.5, 0.6) is 0 Å². The summed E-state index contributed by atoms with van der Waals surface area (Å²) in [6.07, 6.45) is 6.17. The molecule has 3 nitrogen and oxygen atoms in total. The zero-order chi connectivity index (χ0) is 12.0. The smallest absolute Gasteiger partial charge is 0.225 e. The first-order valence-corrected chi connectivity index (χ1v) is 7.10. The average molecular weight is 236 g/mol. The van der Waals surface area contributed by atoms with Gasteiger partial charge in [0.05, 0.1) is 0 Å². The van der Waals surface area contributed by atoms with Crippen LogP contribution in [-0.2, 0) is 4.79 Å². The first-order valence-electron chi connectivity index (χ1n) is 7.10. The number of rotatable bonds is 2. The van der Waals surface area contributed by atoms with Crippen molar-refractivity contribution in [3.63, 3.8) is 0 Å². The maximum atomic E-state index is 12.4. The lowest BCUT2D eigenvalue weighted by Crippen LogP contribution is -2.48. The summed E-state index contributed by atoms with van der Waals surface area (Å²) in [5.74, 6) is 2.60. The molecule has 0 aromatic heterocycles. The fourth-order valence-corrected chi connectivity index (χ4v) is 3.84. The molecule has 0 aromatic rings. The number of hydrogen-bond donors (Lipinski definition) is 0. The normalized spacial score (nSPS) is 41.1. The van der Waals surface area contributed by atoms with E-state index in [0.717, 1.165) is 18.4 Å². The molecule has 1 saturated heterocycles. The third-order valence-corrected chi connectivity index (χ3v) is 5.09. The zero-order valence-corrected chi connectivity index (χ0v) is 11.1. The van der Waals surface area contributed by atoms with Gasteiger partial charge in [-0.15, -0.1) is 0 Å². The second-order valence-corrected chi connectivity index (χ2v) is 6.43. The van der Waals surface area contributed by atoms with E-state index in [1.807, 2.05) is 7.05 Å². The molecule has 3 unspecified atom stereocenters. The van der Waals surface area contributed by atoms with Crippen LogP contribution in [0.1, 0.15) is 32.1 Å². The van der Waals surface area contributed by atoms with Crippen LogP contribution in [0.4, 0.5) is 0 Å². The molecule has 0 spiro atoms. The second kappa shape index (κ2) is 4.27. The molecule has 0 radical (unpaired) electrons. The number of nitrogens with zero attached hydrogens (tertiary/aromatic N) is 2. The topological polar surface area (TPSA) is 23.6 Å². The van der Waals surface area contributed by atoms with Crippen molar-refractivity contribution >= 4 is 5.91 Å². The summed E-state index contributed by atoms with van der Waals surface area (Å²) in [5, 5.41) is 0. The Balaban J connectivity index is 1.57. The Bertz CT molecular complexity index is 307. The van der Waals surface area contributed by atoms with Gasteiger partial charge in [0.2, 0.25) is 5.91 Å². The van der Waals surface area contributed by atoms with Crippen molar-refractivity contribution in [2.75, 3.05) is 27.2 Å². The molecular formula is C14H24N2O. The van der Waals surface area contributed by atoms with Crippen molar-refractivity contribution < 1.29 is 4.79 Å². The van der Waals surface area contributed by atoms with Crippen LogP contribution in [0.15, 0.2) is 0 Å². The van der Waals surface area contributed by atoms with Crippen LogP contribution in [0.2, 0.25) is 0 Å². The lowest BCUT2D eigenvalue weighted by molar-refractivity contribution is -0.137. The van der Waals surface area contributed by atoms with Crippen LogP contribution in [0.25, 0.3) is 0 Å². The Morgan fingerprint density at radius 2 is 1.94 bits per heavy atom. The van der Waals surface area contributed by atoms with Crippen LogP contribution in [0, 0.1) is 17.8 Å². The highest BCUT2D eigenvalue weighted by atomic mass is 16.2. The largest absolute Gasteiger partial charge is 0.341 e. The molecule has 17 heavy (non-hydrogen) atoms. The molecule has 2 saturated carbocycles. The predicted molar refractivity (Wildman–Crippen MR) is 67.6 cm³/mol.